The highest BCUT2D eigenvalue weighted by molar-refractivity contribution is 5.19. The summed E-state index contributed by atoms with van der Waals surface area (Å²) in [5.74, 6) is 0. The lowest BCUT2D eigenvalue weighted by Crippen LogP contribution is -2.24. The number of nitrogens with two attached hydrogens (primary N) is 1. The number of H-pyrrole nitrogens is 1. The third kappa shape index (κ3) is 2.11. The molecule has 14 heavy (non-hydrogen) atoms. The Balaban J connectivity index is 3.29. The van der Waals surface area contributed by atoms with Crippen LogP contribution in [0.25, 0.3) is 0 Å². The smallest absolute Gasteiger partial charge is 0.330 e. The van der Waals surface area contributed by atoms with Crippen LogP contribution in [0.5, 0.6) is 0 Å². The van der Waals surface area contributed by atoms with Gasteiger partial charge in [-0.1, -0.05) is 0 Å². The van der Waals surface area contributed by atoms with Gasteiger partial charge in [0.25, 0.3) is 5.56 Å². The number of nitrogens with zero attached hydrogens (tertiary/aromatic N) is 1. The van der Waals surface area contributed by atoms with Crippen LogP contribution >= 0.6 is 0 Å². The summed E-state index contributed by atoms with van der Waals surface area (Å²) in [6, 6.07) is 0. The lowest BCUT2D eigenvalue weighted by Gasteiger charge is -2.08. The minimum Gasteiger partial charge on any atom is -0.330 e. The molecule has 0 spiro atoms. The largest absolute Gasteiger partial charge is 0.433 e. The maximum Gasteiger partial charge on any atom is 0.433 e. The summed E-state index contributed by atoms with van der Waals surface area (Å²) in [5, 5.41) is 0. The van der Waals surface area contributed by atoms with Gasteiger partial charge in [0.1, 0.15) is 0 Å². The van der Waals surface area contributed by atoms with E-state index in [2.05, 4.69) is 9.97 Å². The second-order valence-corrected chi connectivity index (χ2v) is 2.60. The fourth-order valence-electron chi connectivity index (χ4n) is 1.05. The van der Waals surface area contributed by atoms with E-state index >= 15 is 0 Å². The van der Waals surface area contributed by atoms with E-state index < -0.39 is 23.0 Å². The van der Waals surface area contributed by atoms with Gasteiger partial charge in [-0.25, -0.2) is 4.98 Å². The van der Waals surface area contributed by atoms with E-state index in [9.17, 15) is 18.0 Å². The predicted octanol–water partition coefficient (Wildman–Crippen LogP) is 0.290. The monoisotopic (exact) mass is 207 g/mol. The Morgan fingerprint density at radius 2 is 2.14 bits per heavy atom. The molecule has 7 heteroatoms. The van der Waals surface area contributed by atoms with E-state index in [4.69, 9.17) is 5.73 Å². The third-order valence-electron chi connectivity index (χ3n) is 1.61. The van der Waals surface area contributed by atoms with Gasteiger partial charge in [0, 0.05) is 5.56 Å². The number of rotatable bonds is 2. The lowest BCUT2D eigenvalue weighted by molar-refractivity contribution is -0.142. The first-order valence-corrected chi connectivity index (χ1v) is 3.80. The Morgan fingerprint density at radius 3 is 2.64 bits per heavy atom. The van der Waals surface area contributed by atoms with Crippen molar-refractivity contribution in [2.24, 2.45) is 5.73 Å². The van der Waals surface area contributed by atoms with Crippen molar-refractivity contribution < 1.29 is 13.2 Å². The first-order valence-electron chi connectivity index (χ1n) is 3.80. The van der Waals surface area contributed by atoms with Crippen molar-refractivity contribution >= 4 is 0 Å². The van der Waals surface area contributed by atoms with Crippen LogP contribution in [-0.2, 0) is 12.6 Å². The van der Waals surface area contributed by atoms with Crippen molar-refractivity contribution in [2.75, 3.05) is 6.54 Å². The summed E-state index contributed by atoms with van der Waals surface area (Å²) in [4.78, 5) is 16.2. The second-order valence-electron chi connectivity index (χ2n) is 2.60. The molecule has 78 valence electrons. The molecule has 1 rings (SSSR count). The number of halogens is 3. The highest BCUT2D eigenvalue weighted by atomic mass is 19.4. The van der Waals surface area contributed by atoms with Gasteiger partial charge in [-0.2, -0.15) is 13.2 Å². The Hall–Kier alpha value is -1.37. The molecule has 1 aromatic heterocycles. The molecule has 0 unspecified atom stereocenters. The van der Waals surface area contributed by atoms with Crippen molar-refractivity contribution in [3.63, 3.8) is 0 Å². The van der Waals surface area contributed by atoms with E-state index in [-0.39, 0.29) is 13.0 Å². The fourth-order valence-corrected chi connectivity index (χ4v) is 1.05. The molecule has 3 N–H and O–H groups in total. The summed E-state index contributed by atoms with van der Waals surface area (Å²) in [7, 11) is 0. The van der Waals surface area contributed by atoms with Crippen molar-refractivity contribution in [1.29, 1.82) is 0 Å². The highest BCUT2D eigenvalue weighted by Crippen LogP contribution is 2.28. The molecule has 0 fully saturated rings. The van der Waals surface area contributed by atoms with Crippen molar-refractivity contribution in [2.45, 2.75) is 12.6 Å². The average Bonchev–Trinajstić information content (AvgIpc) is 2.07. The van der Waals surface area contributed by atoms with Crippen LogP contribution in [0, 0.1) is 0 Å². The van der Waals surface area contributed by atoms with Crippen LogP contribution in [0.2, 0.25) is 0 Å². The summed E-state index contributed by atoms with van der Waals surface area (Å²) >= 11 is 0. The maximum atomic E-state index is 12.3. The van der Waals surface area contributed by atoms with Gasteiger partial charge in [-0.3, -0.25) is 4.79 Å². The predicted molar refractivity (Wildman–Crippen MR) is 42.6 cm³/mol. The van der Waals surface area contributed by atoms with Gasteiger partial charge >= 0.3 is 6.18 Å². The molecule has 0 aliphatic heterocycles. The Bertz CT molecular complexity index is 371. The first-order chi connectivity index (χ1) is 6.46. The molecule has 0 aliphatic rings. The number of alkyl halides is 3. The molecular weight excluding hydrogens is 199 g/mol. The van der Waals surface area contributed by atoms with E-state index in [1.807, 2.05) is 0 Å². The van der Waals surface area contributed by atoms with Crippen LogP contribution in [0.15, 0.2) is 11.1 Å². The van der Waals surface area contributed by atoms with E-state index in [0.29, 0.717) is 0 Å². The topological polar surface area (TPSA) is 71.8 Å². The minimum absolute atomic E-state index is 0.0299. The Labute approximate surface area is 77.0 Å². The molecule has 0 radical (unpaired) electrons. The van der Waals surface area contributed by atoms with Crippen molar-refractivity contribution in [3.05, 3.63) is 27.9 Å². The molecule has 0 aliphatic carbocycles. The lowest BCUT2D eigenvalue weighted by atomic mass is 10.1. The SMILES string of the molecule is NCCc1c(C(F)(F)F)nc[nH]c1=O. The van der Waals surface area contributed by atoms with E-state index in [1.54, 1.807) is 0 Å². The fraction of sp³-hybridized carbons (Fsp3) is 0.429. The molecule has 0 atom stereocenters. The third-order valence-corrected chi connectivity index (χ3v) is 1.61. The zero-order chi connectivity index (χ0) is 10.8. The summed E-state index contributed by atoms with van der Waals surface area (Å²) in [6.45, 7) is -0.0299. The van der Waals surface area contributed by atoms with E-state index in [1.165, 1.54) is 0 Å². The van der Waals surface area contributed by atoms with Crippen LogP contribution in [0.1, 0.15) is 11.3 Å². The Kier molecular flexibility index (Phi) is 2.90. The average molecular weight is 207 g/mol. The van der Waals surface area contributed by atoms with Gasteiger partial charge in [-0.15, -0.1) is 0 Å². The standard InChI is InChI=1S/C7H8F3N3O/c8-7(9,10)5-4(1-2-11)6(14)13-3-12-5/h3H,1-2,11H2,(H,12,13,14). The maximum absolute atomic E-state index is 12.3. The van der Waals surface area contributed by atoms with Gasteiger partial charge in [-0.05, 0) is 13.0 Å². The van der Waals surface area contributed by atoms with Gasteiger partial charge in [0.15, 0.2) is 5.69 Å². The summed E-state index contributed by atoms with van der Waals surface area (Å²) in [6.07, 6.45) is -4.03. The zero-order valence-corrected chi connectivity index (χ0v) is 7.06. The molecule has 0 saturated heterocycles. The minimum atomic E-state index is -4.61. The van der Waals surface area contributed by atoms with Crippen LogP contribution < -0.4 is 11.3 Å². The molecule has 4 nitrogen and oxygen atoms in total. The molecule has 1 heterocycles. The van der Waals surface area contributed by atoms with Gasteiger partial charge in [0.05, 0.1) is 6.33 Å². The molecular formula is C7H8F3N3O. The number of hydrogen-bond acceptors (Lipinski definition) is 3. The molecule has 0 aromatic carbocycles. The van der Waals surface area contributed by atoms with Crippen LogP contribution in [-0.4, -0.2) is 16.5 Å². The van der Waals surface area contributed by atoms with Crippen molar-refractivity contribution in [3.8, 4) is 0 Å². The first kappa shape index (κ1) is 10.7. The molecule has 0 saturated carbocycles. The number of nitrogens with one attached hydrogen (secondary N) is 1. The van der Waals surface area contributed by atoms with Gasteiger partial charge in [0.2, 0.25) is 0 Å². The normalized spacial score (nSPS) is 11.7. The number of aromatic amines is 1. The second kappa shape index (κ2) is 3.79. The number of hydrogen-bond donors (Lipinski definition) is 2. The van der Waals surface area contributed by atoms with E-state index in [0.717, 1.165) is 6.33 Å². The molecule has 0 amide bonds. The van der Waals surface area contributed by atoms with Gasteiger partial charge < -0.3 is 10.7 Å². The van der Waals surface area contributed by atoms with Crippen molar-refractivity contribution in [1.82, 2.24) is 9.97 Å². The summed E-state index contributed by atoms with van der Waals surface area (Å²) < 4.78 is 36.9. The highest BCUT2D eigenvalue weighted by Gasteiger charge is 2.36. The Morgan fingerprint density at radius 1 is 1.50 bits per heavy atom. The van der Waals surface area contributed by atoms with Crippen LogP contribution in [0.4, 0.5) is 13.2 Å². The summed E-state index contributed by atoms with van der Waals surface area (Å²) in [5.41, 5.74) is 2.73. The quantitative estimate of drug-likeness (QED) is 0.732. The molecule has 0 bridgehead atoms. The van der Waals surface area contributed by atoms with Crippen LogP contribution in [0.3, 0.4) is 0 Å². The number of aromatic nitrogens is 2. The zero-order valence-electron chi connectivity index (χ0n) is 7.06. The molecule has 1 aromatic rings.